The van der Waals surface area contributed by atoms with Crippen molar-refractivity contribution >= 4 is 15.7 Å². The number of hydrogen-bond donors (Lipinski definition) is 1. The molecule has 0 aromatic carbocycles. The van der Waals surface area contributed by atoms with Crippen LogP contribution in [0.5, 0.6) is 0 Å². The fraction of sp³-hybridized carbons (Fsp3) is 0. The first-order chi connectivity index (χ1) is 6.47. The summed E-state index contributed by atoms with van der Waals surface area (Å²) < 4.78 is 22.5. The van der Waals surface area contributed by atoms with Crippen LogP contribution in [0.2, 0.25) is 0 Å². The fourth-order valence-corrected chi connectivity index (χ4v) is 1.39. The zero-order valence-corrected chi connectivity index (χ0v) is 7.91. The van der Waals surface area contributed by atoms with Crippen LogP contribution in [0.3, 0.4) is 0 Å². The third-order valence-electron chi connectivity index (χ3n) is 1.41. The summed E-state index contributed by atoms with van der Waals surface area (Å²) in [5.74, 6) is -0.828. The Morgan fingerprint density at radius 2 is 2.29 bits per heavy atom. The van der Waals surface area contributed by atoms with Crippen LogP contribution >= 0.6 is 0 Å². The number of rotatable bonds is 3. The maximum Gasteiger partial charge on any atom is 0.267 e. The first-order valence-corrected chi connectivity index (χ1v) is 5.08. The van der Waals surface area contributed by atoms with Crippen molar-refractivity contribution in [1.29, 1.82) is 0 Å². The number of nitrogens with two attached hydrogens (primary N) is 1. The molecule has 0 atom stereocenters. The van der Waals surface area contributed by atoms with Crippen LogP contribution < -0.4 is 5.73 Å². The van der Waals surface area contributed by atoms with Gasteiger partial charge in [0.25, 0.3) is 5.91 Å². The number of carbonyl (C=O) groups is 1. The maximum atomic E-state index is 11.2. The van der Waals surface area contributed by atoms with E-state index in [1.165, 1.54) is 12.1 Å². The summed E-state index contributed by atoms with van der Waals surface area (Å²) in [6.07, 6.45) is 0. The van der Waals surface area contributed by atoms with E-state index in [-0.39, 0.29) is 10.7 Å². The molecule has 0 fully saturated rings. The second-order valence-electron chi connectivity index (χ2n) is 2.35. The Kier molecular flexibility index (Phi) is 2.66. The van der Waals surface area contributed by atoms with Crippen LogP contribution in [0, 0.1) is 6.07 Å². The SMILES string of the molecule is C=CS(=O)(=O)c1cc[c]c(C(N)=O)n1. The normalized spacial score (nSPS) is 10.9. The molecule has 6 heteroatoms. The molecule has 14 heavy (non-hydrogen) atoms. The van der Waals surface area contributed by atoms with Crippen molar-refractivity contribution < 1.29 is 13.2 Å². The minimum absolute atomic E-state index is 0.215. The van der Waals surface area contributed by atoms with E-state index in [9.17, 15) is 13.2 Å². The van der Waals surface area contributed by atoms with Gasteiger partial charge in [-0.3, -0.25) is 4.79 Å². The smallest absolute Gasteiger partial charge is 0.267 e. The largest absolute Gasteiger partial charge is 0.364 e. The van der Waals surface area contributed by atoms with Gasteiger partial charge in [-0.1, -0.05) is 6.58 Å². The average Bonchev–Trinajstić information content (AvgIpc) is 2.18. The molecule has 0 aliphatic rings. The Bertz CT molecular complexity index is 479. The molecular weight excluding hydrogens is 204 g/mol. The van der Waals surface area contributed by atoms with Gasteiger partial charge in [0, 0.05) is 11.5 Å². The predicted molar refractivity (Wildman–Crippen MR) is 49.0 cm³/mol. The molecule has 0 aliphatic heterocycles. The van der Waals surface area contributed by atoms with Gasteiger partial charge in [-0.25, -0.2) is 13.4 Å². The van der Waals surface area contributed by atoms with Crippen molar-refractivity contribution in [2.75, 3.05) is 0 Å². The quantitative estimate of drug-likeness (QED) is 0.755. The van der Waals surface area contributed by atoms with Gasteiger partial charge >= 0.3 is 0 Å². The Hall–Kier alpha value is -1.69. The van der Waals surface area contributed by atoms with Gasteiger partial charge < -0.3 is 5.73 Å². The van der Waals surface area contributed by atoms with E-state index in [2.05, 4.69) is 17.6 Å². The highest BCUT2D eigenvalue weighted by atomic mass is 32.2. The summed E-state index contributed by atoms with van der Waals surface area (Å²) in [4.78, 5) is 14.2. The highest BCUT2D eigenvalue weighted by Crippen LogP contribution is 2.08. The third kappa shape index (κ3) is 1.97. The number of pyridine rings is 1. The predicted octanol–water partition coefficient (Wildman–Crippen LogP) is -0.102. The van der Waals surface area contributed by atoms with Crippen LogP contribution in [0.25, 0.3) is 0 Å². The minimum Gasteiger partial charge on any atom is -0.364 e. The molecule has 0 saturated carbocycles. The van der Waals surface area contributed by atoms with Crippen LogP contribution in [0.1, 0.15) is 10.5 Å². The number of aromatic nitrogens is 1. The molecule has 0 bridgehead atoms. The molecule has 1 heterocycles. The van der Waals surface area contributed by atoms with Crippen molar-refractivity contribution in [3.63, 3.8) is 0 Å². The summed E-state index contributed by atoms with van der Waals surface area (Å²) in [6.45, 7) is 3.13. The standard InChI is InChI=1S/C8H7N2O3S/c1-2-14(12,13)7-5-3-4-6(10-7)8(9)11/h2-3,5H,1H2,(H2,9,11). The second kappa shape index (κ2) is 3.59. The van der Waals surface area contributed by atoms with Gasteiger partial charge in [0.2, 0.25) is 9.84 Å². The molecule has 0 aliphatic carbocycles. The van der Waals surface area contributed by atoms with Crippen LogP contribution in [0.15, 0.2) is 29.1 Å². The maximum absolute atomic E-state index is 11.2. The third-order valence-corrected chi connectivity index (χ3v) is 2.66. The van der Waals surface area contributed by atoms with Gasteiger partial charge in [-0.2, -0.15) is 0 Å². The number of amides is 1. The number of primary amides is 1. The van der Waals surface area contributed by atoms with Gasteiger partial charge in [0.15, 0.2) is 5.03 Å². The Balaban J connectivity index is 3.33. The zero-order valence-electron chi connectivity index (χ0n) is 7.10. The Labute approximate surface area is 81.2 Å². The van der Waals surface area contributed by atoms with Gasteiger partial charge in [0.1, 0.15) is 5.69 Å². The molecule has 73 valence electrons. The van der Waals surface area contributed by atoms with Gasteiger partial charge in [-0.15, -0.1) is 0 Å². The summed E-state index contributed by atoms with van der Waals surface area (Å²) >= 11 is 0. The minimum atomic E-state index is -3.63. The summed E-state index contributed by atoms with van der Waals surface area (Å²) in [5, 5.41) is 0.486. The number of sulfone groups is 1. The lowest BCUT2D eigenvalue weighted by molar-refractivity contribution is 0.0994. The number of nitrogens with zero attached hydrogens (tertiary/aromatic N) is 1. The Morgan fingerprint density at radius 1 is 1.64 bits per heavy atom. The van der Waals surface area contributed by atoms with Crippen molar-refractivity contribution in [2.45, 2.75) is 5.03 Å². The molecule has 5 nitrogen and oxygen atoms in total. The van der Waals surface area contributed by atoms with Crippen molar-refractivity contribution in [3.05, 3.63) is 35.9 Å². The molecule has 1 rings (SSSR count). The van der Waals surface area contributed by atoms with E-state index in [1.807, 2.05) is 0 Å². The van der Waals surface area contributed by atoms with E-state index >= 15 is 0 Å². The molecule has 0 saturated heterocycles. The van der Waals surface area contributed by atoms with Crippen LogP contribution in [0.4, 0.5) is 0 Å². The highest BCUT2D eigenvalue weighted by Gasteiger charge is 2.13. The highest BCUT2D eigenvalue weighted by molar-refractivity contribution is 7.94. The van der Waals surface area contributed by atoms with E-state index in [4.69, 9.17) is 5.73 Å². The summed E-state index contributed by atoms with van der Waals surface area (Å²) in [6, 6.07) is 4.90. The van der Waals surface area contributed by atoms with Crippen LogP contribution in [-0.2, 0) is 9.84 Å². The molecule has 1 radical (unpaired) electrons. The van der Waals surface area contributed by atoms with Crippen molar-refractivity contribution in [1.82, 2.24) is 4.98 Å². The first kappa shape index (κ1) is 10.4. The van der Waals surface area contributed by atoms with E-state index in [0.29, 0.717) is 0 Å². The molecule has 1 amide bonds. The lowest BCUT2D eigenvalue weighted by atomic mass is 10.3. The van der Waals surface area contributed by atoms with Crippen molar-refractivity contribution in [2.24, 2.45) is 5.73 Å². The lowest BCUT2D eigenvalue weighted by Gasteiger charge is -1.98. The topological polar surface area (TPSA) is 90.1 Å². The number of carbonyl (C=O) groups excluding carboxylic acids is 1. The molecule has 0 spiro atoms. The molecule has 1 aromatic rings. The second-order valence-corrected chi connectivity index (χ2v) is 4.19. The van der Waals surface area contributed by atoms with Gasteiger partial charge in [0.05, 0.1) is 0 Å². The van der Waals surface area contributed by atoms with E-state index < -0.39 is 15.7 Å². The fourth-order valence-electron chi connectivity index (χ4n) is 0.742. The van der Waals surface area contributed by atoms with E-state index in [1.54, 1.807) is 0 Å². The summed E-state index contributed by atoms with van der Waals surface area (Å²) in [5.41, 5.74) is 4.70. The molecular formula is C8H7N2O3S. The average molecular weight is 211 g/mol. The zero-order chi connectivity index (χ0) is 10.8. The van der Waals surface area contributed by atoms with Crippen molar-refractivity contribution in [3.8, 4) is 0 Å². The summed E-state index contributed by atoms with van der Waals surface area (Å²) in [7, 11) is -3.63. The molecule has 1 aromatic heterocycles. The van der Waals surface area contributed by atoms with Crippen LogP contribution in [-0.4, -0.2) is 19.3 Å². The monoisotopic (exact) mass is 211 g/mol. The first-order valence-electron chi connectivity index (χ1n) is 3.53. The van der Waals surface area contributed by atoms with Gasteiger partial charge in [-0.05, 0) is 12.1 Å². The lowest BCUT2D eigenvalue weighted by Crippen LogP contribution is -2.14. The number of hydrogen-bond acceptors (Lipinski definition) is 4. The molecule has 0 unspecified atom stereocenters. The molecule has 2 N–H and O–H groups in total. The van der Waals surface area contributed by atoms with E-state index in [0.717, 1.165) is 5.41 Å². The Morgan fingerprint density at radius 3 is 2.79 bits per heavy atom.